The van der Waals surface area contributed by atoms with E-state index in [-0.39, 0.29) is 11.3 Å². The number of aromatic nitrogens is 1. The molecule has 1 amide bonds. The molecule has 2 rings (SSSR count). The molecule has 1 heterocycles. The van der Waals surface area contributed by atoms with Gasteiger partial charge in [-0.15, -0.1) is 11.3 Å². The van der Waals surface area contributed by atoms with Gasteiger partial charge in [-0.3, -0.25) is 10.1 Å². The van der Waals surface area contributed by atoms with E-state index in [9.17, 15) is 13.6 Å². The quantitative estimate of drug-likeness (QED) is 0.677. The van der Waals surface area contributed by atoms with Crippen molar-refractivity contribution in [3.63, 3.8) is 0 Å². The summed E-state index contributed by atoms with van der Waals surface area (Å²) in [7, 11) is 0. The second-order valence-electron chi connectivity index (χ2n) is 3.91. The Kier molecular flexibility index (Phi) is 5.16. The summed E-state index contributed by atoms with van der Waals surface area (Å²) >= 11 is 1.23. The number of thiazole rings is 1. The van der Waals surface area contributed by atoms with Gasteiger partial charge in [0.05, 0.1) is 0 Å². The van der Waals surface area contributed by atoms with Crippen molar-refractivity contribution < 1.29 is 18.3 Å². The molecule has 0 saturated heterocycles. The minimum atomic E-state index is -2.90. The molecular formula is C14H9F2N3O2S. The molecule has 0 saturated carbocycles. The molecule has 0 atom stereocenters. The van der Waals surface area contributed by atoms with Crippen LogP contribution in [0.3, 0.4) is 0 Å². The number of halogens is 2. The number of hydrogen-bond acceptors (Lipinski definition) is 5. The molecular weight excluding hydrogens is 312 g/mol. The van der Waals surface area contributed by atoms with Crippen molar-refractivity contribution in [3.05, 3.63) is 47.0 Å². The molecule has 0 fully saturated rings. The number of carbonyl (C=O) groups excluding carboxylic acids is 1. The Morgan fingerprint density at radius 1 is 1.41 bits per heavy atom. The lowest BCUT2D eigenvalue weighted by Gasteiger charge is -2.04. The average molecular weight is 321 g/mol. The maximum absolute atomic E-state index is 12.0. The van der Waals surface area contributed by atoms with Gasteiger partial charge >= 0.3 is 6.61 Å². The summed E-state index contributed by atoms with van der Waals surface area (Å²) in [5.41, 5.74) is 0.380. The zero-order valence-corrected chi connectivity index (χ0v) is 11.8. The second-order valence-corrected chi connectivity index (χ2v) is 4.80. The first-order chi connectivity index (χ1) is 10.6. The molecule has 5 nitrogen and oxygen atoms in total. The lowest BCUT2D eigenvalue weighted by Crippen LogP contribution is -2.13. The summed E-state index contributed by atoms with van der Waals surface area (Å²) in [5, 5.41) is 13.6. The Bertz CT molecular complexity index is 707. The van der Waals surface area contributed by atoms with E-state index in [2.05, 4.69) is 15.0 Å². The lowest BCUT2D eigenvalue weighted by atomic mass is 10.1. The molecule has 0 bridgehead atoms. The number of nitrogens with zero attached hydrogens (tertiary/aromatic N) is 2. The number of rotatable bonds is 5. The second kappa shape index (κ2) is 7.28. The molecule has 2 aromatic rings. The van der Waals surface area contributed by atoms with Gasteiger partial charge in [0.1, 0.15) is 17.4 Å². The molecule has 1 aromatic heterocycles. The van der Waals surface area contributed by atoms with Crippen LogP contribution < -0.4 is 10.1 Å². The minimum Gasteiger partial charge on any atom is -0.435 e. The van der Waals surface area contributed by atoms with Crippen LogP contribution in [0.2, 0.25) is 0 Å². The van der Waals surface area contributed by atoms with Gasteiger partial charge in [-0.2, -0.15) is 14.0 Å². The zero-order valence-electron chi connectivity index (χ0n) is 11.0. The summed E-state index contributed by atoms with van der Waals surface area (Å²) in [6, 6.07) is 7.36. The maximum Gasteiger partial charge on any atom is 0.387 e. The van der Waals surface area contributed by atoms with Gasteiger partial charge in [-0.05, 0) is 23.8 Å². The van der Waals surface area contributed by atoms with Gasteiger partial charge in [0.25, 0.3) is 5.91 Å². The fourth-order valence-corrected chi connectivity index (χ4v) is 2.03. The third-order valence-corrected chi connectivity index (χ3v) is 3.12. The highest BCUT2D eigenvalue weighted by Crippen LogP contribution is 2.17. The van der Waals surface area contributed by atoms with Crippen molar-refractivity contribution in [1.29, 1.82) is 5.26 Å². The van der Waals surface area contributed by atoms with Crippen LogP contribution in [0.25, 0.3) is 6.08 Å². The molecule has 0 aliphatic carbocycles. The first-order valence-electron chi connectivity index (χ1n) is 5.96. The van der Waals surface area contributed by atoms with Gasteiger partial charge in [0.2, 0.25) is 0 Å². The number of anilines is 1. The van der Waals surface area contributed by atoms with Crippen molar-refractivity contribution in [3.8, 4) is 11.8 Å². The first-order valence-corrected chi connectivity index (χ1v) is 6.84. The van der Waals surface area contributed by atoms with E-state index in [1.165, 1.54) is 47.9 Å². The van der Waals surface area contributed by atoms with E-state index in [0.717, 1.165) is 0 Å². The Balaban J connectivity index is 2.11. The molecule has 0 aliphatic rings. The number of ether oxygens (including phenoxy) is 1. The molecule has 0 aliphatic heterocycles. The van der Waals surface area contributed by atoms with Crippen molar-refractivity contribution in [2.75, 3.05) is 5.32 Å². The number of alkyl halides is 2. The predicted octanol–water partition coefficient (Wildman–Crippen LogP) is 3.29. The molecule has 112 valence electrons. The fourth-order valence-electron chi connectivity index (χ4n) is 1.51. The van der Waals surface area contributed by atoms with Crippen LogP contribution in [-0.4, -0.2) is 17.5 Å². The average Bonchev–Trinajstić information content (AvgIpc) is 2.98. The van der Waals surface area contributed by atoms with Crippen LogP contribution >= 0.6 is 11.3 Å². The smallest absolute Gasteiger partial charge is 0.387 e. The van der Waals surface area contributed by atoms with Crippen LogP contribution in [0.1, 0.15) is 5.56 Å². The highest BCUT2D eigenvalue weighted by atomic mass is 32.1. The Morgan fingerprint density at radius 3 is 2.68 bits per heavy atom. The van der Waals surface area contributed by atoms with Gasteiger partial charge < -0.3 is 4.74 Å². The minimum absolute atomic E-state index is 0.00195. The predicted molar refractivity (Wildman–Crippen MR) is 77.4 cm³/mol. The third kappa shape index (κ3) is 4.36. The van der Waals surface area contributed by atoms with E-state index in [1.807, 2.05) is 0 Å². The number of nitriles is 1. The Morgan fingerprint density at radius 2 is 2.14 bits per heavy atom. The SMILES string of the molecule is N#CC(=Cc1ccc(OC(F)F)cc1)C(=O)Nc1nccs1. The number of hydrogen-bond donors (Lipinski definition) is 1. The lowest BCUT2D eigenvalue weighted by molar-refractivity contribution is -0.112. The highest BCUT2D eigenvalue weighted by Gasteiger charge is 2.11. The number of carbonyl (C=O) groups is 1. The highest BCUT2D eigenvalue weighted by molar-refractivity contribution is 7.13. The Labute approximate surface area is 128 Å². The van der Waals surface area contributed by atoms with Crippen LogP contribution in [0.4, 0.5) is 13.9 Å². The summed E-state index contributed by atoms with van der Waals surface area (Å²) in [4.78, 5) is 15.8. The number of benzene rings is 1. The van der Waals surface area contributed by atoms with Gasteiger partial charge in [-0.1, -0.05) is 12.1 Å². The molecule has 1 aromatic carbocycles. The third-order valence-electron chi connectivity index (χ3n) is 2.43. The molecule has 1 N–H and O–H groups in total. The van der Waals surface area contributed by atoms with E-state index in [1.54, 1.807) is 11.4 Å². The maximum atomic E-state index is 12.0. The standard InChI is InChI=1S/C14H9F2N3O2S/c15-13(16)21-11-3-1-9(2-4-11)7-10(8-17)12(20)19-14-18-5-6-22-14/h1-7,13H,(H,18,19,20). The molecule has 0 radical (unpaired) electrons. The zero-order chi connectivity index (χ0) is 15.9. The van der Waals surface area contributed by atoms with E-state index < -0.39 is 12.5 Å². The van der Waals surface area contributed by atoms with E-state index >= 15 is 0 Å². The van der Waals surface area contributed by atoms with Gasteiger partial charge in [0.15, 0.2) is 5.13 Å². The molecule has 22 heavy (non-hydrogen) atoms. The first kappa shape index (κ1) is 15.6. The monoisotopic (exact) mass is 321 g/mol. The normalized spacial score (nSPS) is 11.1. The van der Waals surface area contributed by atoms with E-state index in [4.69, 9.17) is 5.26 Å². The van der Waals surface area contributed by atoms with Crippen molar-refractivity contribution in [2.24, 2.45) is 0 Å². The molecule has 0 spiro atoms. The van der Waals surface area contributed by atoms with Crippen molar-refractivity contribution >= 4 is 28.5 Å². The largest absolute Gasteiger partial charge is 0.435 e. The van der Waals surface area contributed by atoms with Crippen LogP contribution in [0, 0.1) is 11.3 Å². The van der Waals surface area contributed by atoms with Crippen molar-refractivity contribution in [1.82, 2.24) is 4.98 Å². The van der Waals surface area contributed by atoms with Crippen molar-refractivity contribution in [2.45, 2.75) is 6.61 Å². The number of nitrogens with one attached hydrogen (secondary N) is 1. The van der Waals surface area contributed by atoms with Gasteiger partial charge in [0, 0.05) is 11.6 Å². The molecule has 8 heteroatoms. The summed E-state index contributed by atoms with van der Waals surface area (Å²) in [6.07, 6.45) is 2.87. The topological polar surface area (TPSA) is 75.0 Å². The van der Waals surface area contributed by atoms with Gasteiger partial charge in [-0.25, -0.2) is 4.98 Å². The van der Waals surface area contributed by atoms with E-state index in [0.29, 0.717) is 10.7 Å². The Hall–Kier alpha value is -2.79. The fraction of sp³-hybridized carbons (Fsp3) is 0.0714. The van der Waals surface area contributed by atoms with Crippen LogP contribution in [0.15, 0.2) is 41.4 Å². The molecule has 0 unspecified atom stereocenters. The summed E-state index contributed by atoms with van der Waals surface area (Å²) < 4.78 is 28.3. The van der Waals surface area contributed by atoms with Crippen LogP contribution in [0.5, 0.6) is 5.75 Å². The summed E-state index contributed by atoms with van der Waals surface area (Å²) in [6.45, 7) is -2.90. The summed E-state index contributed by atoms with van der Waals surface area (Å²) in [5.74, 6) is -0.594. The van der Waals surface area contributed by atoms with Crippen LogP contribution in [-0.2, 0) is 4.79 Å². The number of amides is 1.